The van der Waals surface area contributed by atoms with Crippen molar-refractivity contribution >= 4 is 17.5 Å². The Morgan fingerprint density at radius 2 is 2.10 bits per heavy atom. The third-order valence-electron chi connectivity index (χ3n) is 5.40. The summed E-state index contributed by atoms with van der Waals surface area (Å²) < 4.78 is 5.30. The maximum atomic E-state index is 12.7. The molecule has 7 nitrogen and oxygen atoms in total. The van der Waals surface area contributed by atoms with Crippen LogP contribution < -0.4 is 10.6 Å². The number of rotatable bonds is 7. The molecule has 162 valence electrons. The number of piperidine rings is 1. The number of benzene rings is 1. The second-order valence-corrected chi connectivity index (χ2v) is 8.69. The van der Waals surface area contributed by atoms with Crippen LogP contribution in [0.25, 0.3) is 0 Å². The number of carbonyl (C=O) groups is 2. The molecule has 2 heterocycles. The zero-order valence-corrected chi connectivity index (χ0v) is 18.3. The number of aromatic nitrogens is 1. The zero-order chi connectivity index (χ0) is 21.7. The number of nitrogens with one attached hydrogen (secondary N) is 2. The molecule has 0 bridgehead atoms. The summed E-state index contributed by atoms with van der Waals surface area (Å²) in [4.78, 5) is 27.5. The summed E-state index contributed by atoms with van der Waals surface area (Å²) in [6, 6.07) is 7.23. The van der Waals surface area contributed by atoms with Gasteiger partial charge in [-0.15, -0.1) is 0 Å². The van der Waals surface area contributed by atoms with Gasteiger partial charge in [0.05, 0.1) is 18.2 Å². The van der Waals surface area contributed by atoms with Crippen LogP contribution in [-0.4, -0.2) is 42.0 Å². The Labute approximate surface area is 178 Å². The quantitative estimate of drug-likeness (QED) is 0.728. The average Bonchev–Trinajstić information content (AvgIpc) is 3.14. The molecule has 2 N–H and O–H groups in total. The van der Waals surface area contributed by atoms with Crippen molar-refractivity contribution in [2.45, 2.75) is 46.6 Å². The van der Waals surface area contributed by atoms with E-state index in [4.69, 9.17) is 4.52 Å². The normalized spacial score (nSPS) is 17.2. The molecule has 2 aromatic rings. The van der Waals surface area contributed by atoms with Gasteiger partial charge in [-0.25, -0.2) is 0 Å². The Morgan fingerprint density at radius 1 is 1.30 bits per heavy atom. The van der Waals surface area contributed by atoms with E-state index in [0.29, 0.717) is 22.9 Å². The minimum absolute atomic E-state index is 0.0153. The van der Waals surface area contributed by atoms with Gasteiger partial charge in [0.2, 0.25) is 5.91 Å². The molecule has 1 saturated heterocycles. The zero-order valence-electron chi connectivity index (χ0n) is 18.3. The van der Waals surface area contributed by atoms with Gasteiger partial charge in [0.15, 0.2) is 5.76 Å². The summed E-state index contributed by atoms with van der Waals surface area (Å²) in [6.07, 6.45) is 2.76. The summed E-state index contributed by atoms with van der Waals surface area (Å²) in [5.41, 5.74) is 3.00. The topological polar surface area (TPSA) is 87.5 Å². The van der Waals surface area contributed by atoms with E-state index in [9.17, 15) is 9.59 Å². The van der Waals surface area contributed by atoms with Gasteiger partial charge >= 0.3 is 0 Å². The minimum Gasteiger partial charge on any atom is -0.359 e. The largest absolute Gasteiger partial charge is 0.359 e. The highest BCUT2D eigenvalue weighted by molar-refractivity contribution is 5.98. The van der Waals surface area contributed by atoms with Crippen molar-refractivity contribution in [3.63, 3.8) is 0 Å². The first kappa shape index (κ1) is 22.0. The molecule has 0 aliphatic carbocycles. The Kier molecular flexibility index (Phi) is 7.26. The fraction of sp³-hybridized carbons (Fsp3) is 0.522. The first-order valence-electron chi connectivity index (χ1n) is 10.6. The van der Waals surface area contributed by atoms with Crippen molar-refractivity contribution in [2.24, 2.45) is 11.8 Å². The summed E-state index contributed by atoms with van der Waals surface area (Å²) in [5, 5.41) is 9.91. The Balaban J connectivity index is 1.60. The van der Waals surface area contributed by atoms with Crippen molar-refractivity contribution in [1.29, 1.82) is 0 Å². The maximum Gasteiger partial charge on any atom is 0.251 e. The maximum absolute atomic E-state index is 12.7. The Morgan fingerprint density at radius 3 is 2.83 bits per heavy atom. The van der Waals surface area contributed by atoms with Crippen LogP contribution in [0.4, 0.5) is 5.69 Å². The van der Waals surface area contributed by atoms with Crippen LogP contribution in [0.2, 0.25) is 0 Å². The molecule has 1 atom stereocenters. The van der Waals surface area contributed by atoms with Crippen LogP contribution in [0, 0.1) is 18.8 Å². The molecule has 0 saturated carbocycles. The predicted molar refractivity (Wildman–Crippen MR) is 116 cm³/mol. The summed E-state index contributed by atoms with van der Waals surface area (Å²) in [7, 11) is 2.04. The highest BCUT2D eigenvalue weighted by Gasteiger charge is 2.24. The van der Waals surface area contributed by atoms with Gasteiger partial charge in [-0.2, -0.15) is 0 Å². The molecule has 2 amide bonds. The Hall–Kier alpha value is -2.67. The van der Waals surface area contributed by atoms with Gasteiger partial charge < -0.3 is 20.1 Å². The minimum atomic E-state index is -0.218. The van der Waals surface area contributed by atoms with Crippen molar-refractivity contribution in [3.05, 3.63) is 46.8 Å². The molecule has 1 aliphatic heterocycles. The molecule has 0 spiro atoms. The monoisotopic (exact) mass is 412 g/mol. The first-order valence-corrected chi connectivity index (χ1v) is 10.6. The van der Waals surface area contributed by atoms with Crippen LogP contribution in [0.3, 0.4) is 0 Å². The van der Waals surface area contributed by atoms with Gasteiger partial charge in [-0.1, -0.05) is 25.1 Å². The van der Waals surface area contributed by atoms with E-state index in [-0.39, 0.29) is 24.3 Å². The number of aryl methyl sites for hydroxylation is 1. The lowest BCUT2D eigenvalue weighted by Gasteiger charge is -2.28. The van der Waals surface area contributed by atoms with E-state index >= 15 is 0 Å². The fourth-order valence-electron chi connectivity index (χ4n) is 3.74. The lowest BCUT2D eigenvalue weighted by molar-refractivity contribution is -0.121. The number of nitrogens with zero attached hydrogens (tertiary/aromatic N) is 2. The number of hydrogen-bond acceptors (Lipinski definition) is 5. The van der Waals surface area contributed by atoms with E-state index in [1.54, 1.807) is 12.1 Å². The molecule has 1 unspecified atom stereocenters. The second-order valence-electron chi connectivity index (χ2n) is 8.69. The van der Waals surface area contributed by atoms with Gasteiger partial charge in [0, 0.05) is 23.9 Å². The van der Waals surface area contributed by atoms with Crippen LogP contribution in [0.1, 0.15) is 54.1 Å². The van der Waals surface area contributed by atoms with Gasteiger partial charge in [-0.3, -0.25) is 9.59 Å². The molecule has 1 aliphatic rings. The number of likely N-dealkylation sites (tertiary alicyclic amines) is 1. The van der Waals surface area contributed by atoms with Crippen molar-refractivity contribution in [2.75, 3.05) is 25.5 Å². The first-order chi connectivity index (χ1) is 14.3. The lowest BCUT2D eigenvalue weighted by atomic mass is 9.97. The number of carbonyl (C=O) groups excluding carboxylic acids is 2. The van der Waals surface area contributed by atoms with Crippen LogP contribution in [-0.2, 0) is 17.8 Å². The standard InChI is InChI=1S/C23H32N4O3/c1-15(2)10-19-12-20(30-26-19)13-24-22(28)17-8-7-16(3)21(11-17)25-23(29)18-6-5-9-27(4)14-18/h7-8,11-12,15,18H,5-6,9-10,13-14H2,1-4H3,(H,24,28)(H,25,29). The number of anilines is 1. The molecule has 1 aromatic heterocycles. The van der Waals surface area contributed by atoms with Gasteiger partial charge in [-0.05, 0) is 63.4 Å². The van der Waals surface area contributed by atoms with E-state index in [1.807, 2.05) is 26.1 Å². The van der Waals surface area contributed by atoms with Crippen LogP contribution in [0.5, 0.6) is 0 Å². The highest BCUT2D eigenvalue weighted by Crippen LogP contribution is 2.21. The van der Waals surface area contributed by atoms with E-state index in [2.05, 4.69) is 34.5 Å². The molecular weight excluding hydrogens is 380 g/mol. The van der Waals surface area contributed by atoms with Gasteiger partial charge in [0.1, 0.15) is 0 Å². The molecule has 7 heteroatoms. The highest BCUT2D eigenvalue weighted by atomic mass is 16.5. The second kappa shape index (κ2) is 9.89. The number of amides is 2. The fourth-order valence-corrected chi connectivity index (χ4v) is 3.74. The van der Waals surface area contributed by atoms with Crippen LogP contribution >= 0.6 is 0 Å². The summed E-state index contributed by atoms with van der Waals surface area (Å²) >= 11 is 0. The summed E-state index contributed by atoms with van der Waals surface area (Å²) in [5.74, 6) is 0.896. The lowest BCUT2D eigenvalue weighted by Crippen LogP contribution is -2.38. The van der Waals surface area contributed by atoms with Gasteiger partial charge in [0.25, 0.3) is 5.91 Å². The molecule has 30 heavy (non-hydrogen) atoms. The molecule has 1 aromatic carbocycles. The SMILES string of the molecule is Cc1ccc(C(=O)NCc2cc(CC(C)C)no2)cc1NC(=O)C1CCCN(C)C1. The summed E-state index contributed by atoms with van der Waals surface area (Å²) in [6.45, 7) is 8.24. The molecule has 3 rings (SSSR count). The van der Waals surface area contributed by atoms with E-state index < -0.39 is 0 Å². The van der Waals surface area contributed by atoms with Crippen LogP contribution in [0.15, 0.2) is 28.8 Å². The molecule has 1 fully saturated rings. The number of hydrogen-bond donors (Lipinski definition) is 2. The van der Waals surface area contributed by atoms with Crippen molar-refractivity contribution < 1.29 is 14.1 Å². The average molecular weight is 413 g/mol. The third-order valence-corrected chi connectivity index (χ3v) is 5.40. The van der Waals surface area contributed by atoms with Crippen molar-refractivity contribution in [3.8, 4) is 0 Å². The van der Waals surface area contributed by atoms with Crippen molar-refractivity contribution in [1.82, 2.24) is 15.4 Å². The molecule has 0 radical (unpaired) electrons. The third kappa shape index (κ3) is 5.92. The smallest absolute Gasteiger partial charge is 0.251 e. The van der Waals surface area contributed by atoms with E-state index in [0.717, 1.165) is 43.6 Å². The predicted octanol–water partition coefficient (Wildman–Crippen LogP) is 3.39. The molecular formula is C23H32N4O3. The Bertz CT molecular complexity index is 890. The van der Waals surface area contributed by atoms with E-state index in [1.165, 1.54) is 0 Å².